The summed E-state index contributed by atoms with van der Waals surface area (Å²) < 4.78 is 5.53. The van der Waals surface area contributed by atoms with Crippen molar-refractivity contribution in [1.29, 1.82) is 0 Å². The van der Waals surface area contributed by atoms with Crippen LogP contribution in [-0.4, -0.2) is 33.8 Å². The molecule has 2 aliphatic heterocycles. The Morgan fingerprint density at radius 3 is 2.48 bits per heavy atom. The number of carbonyl (C=O) groups excluding carboxylic acids is 2. The van der Waals surface area contributed by atoms with E-state index in [9.17, 15) is 9.59 Å². The van der Waals surface area contributed by atoms with Crippen molar-refractivity contribution in [2.24, 2.45) is 5.92 Å². The summed E-state index contributed by atoms with van der Waals surface area (Å²) in [7, 11) is 0. The minimum atomic E-state index is -0.509. The summed E-state index contributed by atoms with van der Waals surface area (Å²) in [6, 6.07) is 12.6. The van der Waals surface area contributed by atoms with Crippen molar-refractivity contribution in [3.63, 3.8) is 0 Å². The van der Waals surface area contributed by atoms with E-state index in [-0.39, 0.29) is 23.9 Å². The number of nitrogens with zero attached hydrogens (tertiary/aromatic N) is 2. The van der Waals surface area contributed by atoms with Crippen LogP contribution in [-0.2, 0) is 16.1 Å². The molecule has 1 aromatic carbocycles. The van der Waals surface area contributed by atoms with Crippen molar-refractivity contribution in [1.82, 2.24) is 15.3 Å². The molecule has 6 heteroatoms. The normalized spacial score (nSPS) is 26.7. The van der Waals surface area contributed by atoms with Crippen LogP contribution in [0.1, 0.15) is 31.2 Å². The Bertz CT molecular complexity index is 772. The molecule has 2 amide bonds. The number of nitrogens with one attached hydrogen (secondary N) is 1. The number of amides is 2. The van der Waals surface area contributed by atoms with Gasteiger partial charge in [0.1, 0.15) is 11.8 Å². The fourth-order valence-electron chi connectivity index (χ4n) is 3.83. The van der Waals surface area contributed by atoms with E-state index < -0.39 is 12.0 Å². The molecule has 2 aromatic rings. The van der Waals surface area contributed by atoms with Gasteiger partial charge in [-0.05, 0) is 31.5 Å². The van der Waals surface area contributed by atoms with Crippen LogP contribution >= 0.6 is 0 Å². The number of benzene rings is 1. The third kappa shape index (κ3) is 2.58. The molecule has 0 spiro atoms. The molecule has 2 fully saturated rings. The molecule has 25 heavy (non-hydrogen) atoms. The summed E-state index contributed by atoms with van der Waals surface area (Å²) in [5.74, 6) is -0.0565. The zero-order valence-corrected chi connectivity index (χ0v) is 14.3. The monoisotopic (exact) mass is 339 g/mol. The van der Waals surface area contributed by atoms with E-state index in [0.29, 0.717) is 12.3 Å². The van der Waals surface area contributed by atoms with Gasteiger partial charge in [0.15, 0.2) is 0 Å². The zero-order valence-electron chi connectivity index (χ0n) is 14.3. The number of hydrogen-bond donors (Lipinski definition) is 1. The molecule has 0 bridgehead atoms. The first-order valence-electron chi connectivity index (χ1n) is 8.55. The van der Waals surface area contributed by atoms with Crippen LogP contribution in [0.5, 0.6) is 0 Å². The van der Waals surface area contributed by atoms with Crippen molar-refractivity contribution in [2.45, 2.75) is 38.5 Å². The van der Waals surface area contributed by atoms with Crippen LogP contribution < -0.4 is 5.43 Å². The Kier molecular flexibility index (Phi) is 3.94. The summed E-state index contributed by atoms with van der Waals surface area (Å²) in [6.45, 7) is 4.28. The lowest BCUT2D eigenvalue weighted by molar-refractivity contribution is -0.143. The van der Waals surface area contributed by atoms with Gasteiger partial charge in [-0.2, -0.15) is 0 Å². The highest BCUT2D eigenvalue weighted by Crippen LogP contribution is 2.41. The van der Waals surface area contributed by atoms with Crippen molar-refractivity contribution in [3.8, 4) is 0 Å². The second-order valence-electron chi connectivity index (χ2n) is 6.85. The van der Waals surface area contributed by atoms with E-state index in [1.807, 2.05) is 55.3 Å². The SMILES string of the molecule is CC(C)N1C(=O)[C@@H]2[C@@H](c3ccco3)NN(Cc3ccccc3)[C@@H]2C1=O. The van der Waals surface area contributed by atoms with Crippen molar-refractivity contribution < 1.29 is 14.0 Å². The molecule has 1 aromatic heterocycles. The highest BCUT2D eigenvalue weighted by Gasteiger charge is 2.59. The van der Waals surface area contributed by atoms with E-state index in [1.54, 1.807) is 12.3 Å². The highest BCUT2D eigenvalue weighted by molar-refractivity contribution is 6.08. The van der Waals surface area contributed by atoms with Crippen LogP contribution in [0.25, 0.3) is 0 Å². The van der Waals surface area contributed by atoms with Crippen LogP contribution in [0.15, 0.2) is 53.1 Å². The van der Waals surface area contributed by atoms with Gasteiger partial charge in [-0.25, -0.2) is 10.4 Å². The summed E-state index contributed by atoms with van der Waals surface area (Å²) >= 11 is 0. The summed E-state index contributed by atoms with van der Waals surface area (Å²) in [5.41, 5.74) is 4.42. The van der Waals surface area contributed by atoms with Gasteiger partial charge in [0.05, 0.1) is 18.2 Å². The standard InChI is InChI=1S/C19H21N3O3/c1-12(2)22-18(23)15-16(14-9-6-10-25-14)20-21(17(15)19(22)24)11-13-7-4-3-5-8-13/h3-10,12,15-17,20H,11H2,1-2H3/t15-,16-,17+/m1/s1. The molecular weight excluding hydrogens is 318 g/mol. The summed E-state index contributed by atoms with van der Waals surface area (Å²) in [4.78, 5) is 27.3. The van der Waals surface area contributed by atoms with Crippen LogP contribution in [0.2, 0.25) is 0 Å². The van der Waals surface area contributed by atoms with Crippen molar-refractivity contribution in [2.75, 3.05) is 0 Å². The predicted molar refractivity (Wildman–Crippen MR) is 90.8 cm³/mol. The van der Waals surface area contributed by atoms with Gasteiger partial charge >= 0.3 is 0 Å². The first-order valence-corrected chi connectivity index (χ1v) is 8.55. The second kappa shape index (κ2) is 6.13. The number of likely N-dealkylation sites (tertiary alicyclic amines) is 1. The van der Waals surface area contributed by atoms with Gasteiger partial charge in [0, 0.05) is 12.6 Å². The number of fused-ring (bicyclic) bond motifs is 1. The maximum absolute atomic E-state index is 12.9. The van der Waals surface area contributed by atoms with Crippen molar-refractivity contribution in [3.05, 3.63) is 60.1 Å². The third-order valence-corrected chi connectivity index (χ3v) is 4.91. The molecule has 0 aliphatic carbocycles. The molecule has 3 heterocycles. The maximum atomic E-state index is 12.9. The lowest BCUT2D eigenvalue weighted by Crippen LogP contribution is -2.46. The Morgan fingerprint density at radius 1 is 1.08 bits per heavy atom. The Hall–Kier alpha value is -2.44. The Labute approximate surface area is 146 Å². The molecule has 2 aliphatic rings. The Morgan fingerprint density at radius 2 is 1.84 bits per heavy atom. The molecule has 2 saturated heterocycles. The minimum Gasteiger partial charge on any atom is -0.468 e. The molecule has 4 rings (SSSR count). The van der Waals surface area contributed by atoms with Gasteiger partial charge < -0.3 is 4.42 Å². The third-order valence-electron chi connectivity index (χ3n) is 4.91. The van der Waals surface area contributed by atoms with Gasteiger partial charge in [0.25, 0.3) is 0 Å². The highest BCUT2D eigenvalue weighted by atomic mass is 16.3. The summed E-state index contributed by atoms with van der Waals surface area (Å²) in [5, 5.41) is 1.88. The number of hydrazine groups is 1. The Balaban J connectivity index is 1.69. The van der Waals surface area contributed by atoms with Gasteiger partial charge in [-0.3, -0.25) is 14.5 Å². The van der Waals surface area contributed by atoms with E-state index in [2.05, 4.69) is 5.43 Å². The van der Waals surface area contributed by atoms with E-state index in [1.165, 1.54) is 4.90 Å². The minimum absolute atomic E-state index is 0.130. The average Bonchev–Trinajstić information content (AvgIpc) is 3.27. The van der Waals surface area contributed by atoms with Crippen molar-refractivity contribution >= 4 is 11.8 Å². The van der Waals surface area contributed by atoms with Gasteiger partial charge in [-0.1, -0.05) is 30.3 Å². The molecule has 3 atom stereocenters. The largest absolute Gasteiger partial charge is 0.468 e. The molecular formula is C19H21N3O3. The van der Waals surface area contributed by atoms with E-state index in [0.717, 1.165) is 5.56 Å². The smallest absolute Gasteiger partial charge is 0.249 e. The molecule has 0 saturated carbocycles. The molecule has 0 radical (unpaired) electrons. The fraction of sp³-hybridized carbons (Fsp3) is 0.368. The first kappa shape index (κ1) is 16.1. The number of hydrogen-bond acceptors (Lipinski definition) is 5. The molecule has 6 nitrogen and oxygen atoms in total. The predicted octanol–water partition coefficient (Wildman–Crippen LogP) is 2.10. The average molecular weight is 339 g/mol. The molecule has 130 valence electrons. The molecule has 1 N–H and O–H groups in total. The number of carbonyl (C=O) groups is 2. The maximum Gasteiger partial charge on any atom is 0.249 e. The van der Waals surface area contributed by atoms with E-state index in [4.69, 9.17) is 4.42 Å². The first-order chi connectivity index (χ1) is 12.1. The number of furan rings is 1. The topological polar surface area (TPSA) is 65.8 Å². The zero-order chi connectivity index (χ0) is 17.6. The van der Waals surface area contributed by atoms with E-state index >= 15 is 0 Å². The van der Waals surface area contributed by atoms with Gasteiger partial charge in [-0.15, -0.1) is 0 Å². The molecule has 0 unspecified atom stereocenters. The van der Waals surface area contributed by atoms with Gasteiger partial charge in [0.2, 0.25) is 11.8 Å². The van der Waals surface area contributed by atoms with Crippen LogP contribution in [0.3, 0.4) is 0 Å². The quantitative estimate of drug-likeness (QED) is 0.864. The number of rotatable bonds is 4. The number of imide groups is 1. The fourth-order valence-corrected chi connectivity index (χ4v) is 3.83. The lowest BCUT2D eigenvalue weighted by atomic mass is 9.94. The van der Waals surface area contributed by atoms with Crippen LogP contribution in [0, 0.1) is 5.92 Å². The second-order valence-corrected chi connectivity index (χ2v) is 6.85. The van der Waals surface area contributed by atoms with Crippen LogP contribution in [0.4, 0.5) is 0 Å². The summed E-state index contributed by atoms with van der Waals surface area (Å²) in [6.07, 6.45) is 1.59. The lowest BCUT2D eigenvalue weighted by Gasteiger charge is -2.26.